The molecular weight excluding hydrogens is 338 g/mol. The van der Waals surface area contributed by atoms with Gasteiger partial charge in [-0.1, -0.05) is 32.4 Å². The van der Waals surface area contributed by atoms with Crippen LogP contribution < -0.4 is 4.74 Å². The first-order valence-electron chi connectivity index (χ1n) is 9.14. The minimum atomic E-state index is -0.00912. The van der Waals surface area contributed by atoms with Gasteiger partial charge in [0.25, 0.3) is 0 Å². The Morgan fingerprint density at radius 1 is 1.12 bits per heavy atom. The molecule has 1 aliphatic heterocycles. The van der Waals surface area contributed by atoms with Crippen LogP contribution in [0.4, 0.5) is 0 Å². The Kier molecular flexibility index (Phi) is 7.56. The Morgan fingerprint density at radius 3 is 2.44 bits per heavy atom. The smallest absolute Gasteiger partial charge is 0.123 e. The molecule has 1 heterocycles. The Balaban J connectivity index is 1.70. The molecule has 1 aliphatic rings. The molecule has 0 aromatic heterocycles. The SMILES string of the molecule is CC1CN(CCOCCOc2ccc(Cl)cc2C(C)(C)C)CC(C)O1. The Labute approximate surface area is 157 Å². The van der Waals surface area contributed by atoms with Crippen molar-refractivity contribution in [1.82, 2.24) is 4.90 Å². The summed E-state index contributed by atoms with van der Waals surface area (Å²) in [5.74, 6) is 0.885. The molecule has 142 valence electrons. The first kappa shape index (κ1) is 20.5. The van der Waals surface area contributed by atoms with Gasteiger partial charge in [0, 0.05) is 30.2 Å². The van der Waals surface area contributed by atoms with Gasteiger partial charge in [0.05, 0.1) is 25.4 Å². The first-order chi connectivity index (χ1) is 11.8. The lowest BCUT2D eigenvalue weighted by Gasteiger charge is -2.35. The monoisotopic (exact) mass is 369 g/mol. The third-order valence-corrected chi connectivity index (χ3v) is 4.52. The number of nitrogens with zero attached hydrogens (tertiary/aromatic N) is 1. The van der Waals surface area contributed by atoms with Gasteiger partial charge in [0.15, 0.2) is 0 Å². The molecule has 2 unspecified atom stereocenters. The molecule has 1 aromatic rings. The normalized spacial score (nSPS) is 22.2. The molecule has 0 bridgehead atoms. The fraction of sp³-hybridized carbons (Fsp3) is 0.700. The number of hydrogen-bond acceptors (Lipinski definition) is 4. The zero-order chi connectivity index (χ0) is 18.4. The summed E-state index contributed by atoms with van der Waals surface area (Å²) in [6.07, 6.45) is 0.598. The molecule has 2 rings (SSSR count). The van der Waals surface area contributed by atoms with Crippen molar-refractivity contribution < 1.29 is 14.2 Å². The molecule has 0 saturated carbocycles. The van der Waals surface area contributed by atoms with Gasteiger partial charge in [-0.3, -0.25) is 4.90 Å². The van der Waals surface area contributed by atoms with E-state index >= 15 is 0 Å². The van der Waals surface area contributed by atoms with E-state index in [1.165, 1.54) is 0 Å². The third-order valence-electron chi connectivity index (χ3n) is 4.28. The lowest BCUT2D eigenvalue weighted by Crippen LogP contribution is -2.46. The standard InChI is InChI=1S/C20H32ClNO3/c1-15-13-22(14-16(2)25-15)8-9-23-10-11-24-19-7-6-17(21)12-18(19)20(3,4)5/h6-7,12,15-16H,8-11,13-14H2,1-5H3. The second-order valence-electron chi connectivity index (χ2n) is 7.87. The summed E-state index contributed by atoms with van der Waals surface area (Å²) in [6, 6.07) is 5.80. The Hall–Kier alpha value is -0.810. The molecule has 0 radical (unpaired) electrons. The van der Waals surface area contributed by atoms with E-state index in [9.17, 15) is 0 Å². The Bertz CT molecular complexity index is 534. The molecular formula is C20H32ClNO3. The number of ether oxygens (including phenoxy) is 3. The van der Waals surface area contributed by atoms with Crippen molar-refractivity contribution >= 4 is 11.6 Å². The highest BCUT2D eigenvalue weighted by Gasteiger charge is 2.22. The van der Waals surface area contributed by atoms with Crippen LogP contribution in [0.5, 0.6) is 5.75 Å². The van der Waals surface area contributed by atoms with Gasteiger partial charge in [0.1, 0.15) is 12.4 Å². The van der Waals surface area contributed by atoms with Gasteiger partial charge in [0.2, 0.25) is 0 Å². The van der Waals surface area contributed by atoms with Crippen LogP contribution in [-0.4, -0.2) is 56.6 Å². The quantitative estimate of drug-likeness (QED) is 0.676. The summed E-state index contributed by atoms with van der Waals surface area (Å²) < 4.78 is 17.4. The van der Waals surface area contributed by atoms with Crippen LogP contribution in [0.2, 0.25) is 5.02 Å². The van der Waals surface area contributed by atoms with Crippen molar-refractivity contribution in [1.29, 1.82) is 0 Å². The first-order valence-corrected chi connectivity index (χ1v) is 9.52. The van der Waals surface area contributed by atoms with Crippen LogP contribution in [0.25, 0.3) is 0 Å². The van der Waals surface area contributed by atoms with E-state index in [-0.39, 0.29) is 5.41 Å². The third kappa shape index (κ3) is 6.78. The van der Waals surface area contributed by atoms with Gasteiger partial charge in [-0.25, -0.2) is 0 Å². The fourth-order valence-corrected chi connectivity index (χ4v) is 3.36. The maximum absolute atomic E-state index is 6.13. The number of hydrogen-bond donors (Lipinski definition) is 0. The summed E-state index contributed by atoms with van der Waals surface area (Å²) >= 11 is 6.13. The van der Waals surface area contributed by atoms with Crippen LogP contribution in [-0.2, 0) is 14.9 Å². The fourth-order valence-electron chi connectivity index (χ4n) is 3.19. The van der Waals surface area contributed by atoms with Gasteiger partial charge in [-0.15, -0.1) is 0 Å². The van der Waals surface area contributed by atoms with Crippen LogP contribution in [0.15, 0.2) is 18.2 Å². The number of benzene rings is 1. The molecule has 25 heavy (non-hydrogen) atoms. The number of rotatable bonds is 7. The van der Waals surface area contributed by atoms with E-state index in [0.717, 1.165) is 42.6 Å². The summed E-state index contributed by atoms with van der Waals surface area (Å²) in [4.78, 5) is 2.40. The van der Waals surface area contributed by atoms with Gasteiger partial charge >= 0.3 is 0 Å². The predicted octanol–water partition coefficient (Wildman–Crippen LogP) is 4.14. The topological polar surface area (TPSA) is 30.9 Å². The number of morpholine rings is 1. The van der Waals surface area contributed by atoms with Crippen LogP contribution >= 0.6 is 11.6 Å². The van der Waals surface area contributed by atoms with E-state index in [4.69, 9.17) is 25.8 Å². The molecule has 1 fully saturated rings. The molecule has 1 saturated heterocycles. The zero-order valence-electron chi connectivity index (χ0n) is 16.2. The summed E-state index contributed by atoms with van der Waals surface area (Å²) in [5, 5.41) is 0.738. The lowest BCUT2D eigenvalue weighted by molar-refractivity contribution is -0.0734. The number of halogens is 1. The van der Waals surface area contributed by atoms with Crippen molar-refractivity contribution in [3.8, 4) is 5.75 Å². The maximum Gasteiger partial charge on any atom is 0.123 e. The van der Waals surface area contributed by atoms with Crippen molar-refractivity contribution in [2.45, 2.75) is 52.2 Å². The summed E-state index contributed by atoms with van der Waals surface area (Å²) in [5.41, 5.74) is 1.11. The molecule has 0 aliphatic carbocycles. The highest BCUT2D eigenvalue weighted by Crippen LogP contribution is 2.33. The zero-order valence-corrected chi connectivity index (χ0v) is 16.9. The van der Waals surface area contributed by atoms with Crippen molar-refractivity contribution in [2.75, 3.05) is 39.5 Å². The molecule has 0 amide bonds. The van der Waals surface area contributed by atoms with Crippen molar-refractivity contribution in [3.05, 3.63) is 28.8 Å². The second-order valence-corrected chi connectivity index (χ2v) is 8.30. The largest absolute Gasteiger partial charge is 0.491 e. The van der Waals surface area contributed by atoms with Crippen LogP contribution in [0.1, 0.15) is 40.2 Å². The summed E-state index contributed by atoms with van der Waals surface area (Å²) in [6.45, 7) is 15.5. The maximum atomic E-state index is 6.13. The molecule has 2 atom stereocenters. The van der Waals surface area contributed by atoms with Crippen molar-refractivity contribution in [2.24, 2.45) is 0 Å². The minimum Gasteiger partial charge on any atom is -0.491 e. The van der Waals surface area contributed by atoms with E-state index < -0.39 is 0 Å². The van der Waals surface area contributed by atoms with Gasteiger partial charge in [-0.05, 0) is 37.5 Å². The second kappa shape index (κ2) is 9.22. The van der Waals surface area contributed by atoms with E-state index in [0.29, 0.717) is 25.4 Å². The van der Waals surface area contributed by atoms with E-state index in [1.54, 1.807) is 0 Å². The molecule has 1 aromatic carbocycles. The highest BCUT2D eigenvalue weighted by atomic mass is 35.5. The minimum absolute atomic E-state index is 0.00912. The van der Waals surface area contributed by atoms with Crippen LogP contribution in [0, 0.1) is 0 Å². The molecule has 0 N–H and O–H groups in total. The molecule has 5 heteroatoms. The Morgan fingerprint density at radius 2 is 1.80 bits per heavy atom. The average Bonchev–Trinajstić information content (AvgIpc) is 2.50. The average molecular weight is 370 g/mol. The predicted molar refractivity (Wildman–Crippen MR) is 103 cm³/mol. The molecule has 0 spiro atoms. The van der Waals surface area contributed by atoms with E-state index in [1.807, 2.05) is 18.2 Å². The lowest BCUT2D eigenvalue weighted by atomic mass is 9.86. The van der Waals surface area contributed by atoms with Gasteiger partial charge < -0.3 is 14.2 Å². The van der Waals surface area contributed by atoms with Crippen LogP contribution in [0.3, 0.4) is 0 Å². The summed E-state index contributed by atoms with van der Waals surface area (Å²) in [7, 11) is 0. The van der Waals surface area contributed by atoms with Gasteiger partial charge in [-0.2, -0.15) is 0 Å². The van der Waals surface area contributed by atoms with E-state index in [2.05, 4.69) is 39.5 Å². The van der Waals surface area contributed by atoms with Crippen molar-refractivity contribution in [3.63, 3.8) is 0 Å². The molecule has 4 nitrogen and oxygen atoms in total. The highest BCUT2D eigenvalue weighted by molar-refractivity contribution is 6.30.